The SMILES string of the molecule is [C-]#[N+]c1ccc(-n2ccc(CN3CCC(NC(=O)c4ccc5oc(C(=O)NC6CCN(Cc7ccc(C#N)cc7)CC6)cc5c4)CC3)n2)cc1. The van der Waals surface area contributed by atoms with Crippen molar-refractivity contribution in [2.24, 2.45) is 0 Å². The molecule has 2 fully saturated rings. The van der Waals surface area contributed by atoms with Gasteiger partial charge in [0.1, 0.15) is 5.58 Å². The summed E-state index contributed by atoms with van der Waals surface area (Å²) >= 11 is 0. The highest BCUT2D eigenvalue weighted by atomic mass is 16.3. The molecule has 2 N–H and O–H groups in total. The molecule has 2 amide bonds. The molecule has 50 heavy (non-hydrogen) atoms. The van der Waals surface area contributed by atoms with Gasteiger partial charge in [0.2, 0.25) is 0 Å². The maximum atomic E-state index is 13.2. The third kappa shape index (κ3) is 7.76. The molecular formula is C39H38N8O3. The second-order valence-corrected chi connectivity index (χ2v) is 13.1. The summed E-state index contributed by atoms with van der Waals surface area (Å²) in [6.45, 7) is 12.1. The molecule has 2 aromatic heterocycles. The standard InChI is InChI=1S/C39H38N8O3/c1-41-31-7-9-35(10-8-31)47-21-16-34(44-47)26-46-19-14-32(15-20-46)42-38(48)29-6-11-36-30(22-29)23-37(50-36)39(49)43-33-12-17-45(18-13-33)25-28-4-2-27(24-40)3-5-28/h2-11,16,21-23,32-33H,12-15,17-20,25-26H2,(H,42,48)(H,43,49). The van der Waals surface area contributed by atoms with E-state index in [1.54, 1.807) is 36.4 Å². The second-order valence-electron chi connectivity index (χ2n) is 13.1. The highest BCUT2D eigenvalue weighted by molar-refractivity contribution is 6.00. The minimum Gasteiger partial charge on any atom is -0.451 e. The average Bonchev–Trinajstić information content (AvgIpc) is 3.81. The Kier molecular flexibility index (Phi) is 9.70. The van der Waals surface area contributed by atoms with Gasteiger partial charge in [-0.25, -0.2) is 9.53 Å². The van der Waals surface area contributed by atoms with Crippen molar-refractivity contribution in [3.63, 3.8) is 0 Å². The number of nitriles is 1. The van der Waals surface area contributed by atoms with Gasteiger partial charge in [-0.15, -0.1) is 0 Å². The van der Waals surface area contributed by atoms with E-state index in [1.807, 2.05) is 53.3 Å². The zero-order chi connectivity index (χ0) is 34.5. The Hall–Kier alpha value is -5.75. The van der Waals surface area contributed by atoms with E-state index < -0.39 is 0 Å². The van der Waals surface area contributed by atoms with Crippen LogP contribution in [0.4, 0.5) is 5.69 Å². The van der Waals surface area contributed by atoms with E-state index in [4.69, 9.17) is 21.3 Å². The van der Waals surface area contributed by atoms with Crippen molar-refractivity contribution in [2.45, 2.75) is 50.9 Å². The first kappa shape index (κ1) is 32.8. The summed E-state index contributed by atoms with van der Waals surface area (Å²) in [4.78, 5) is 34.4. The lowest BCUT2D eigenvalue weighted by Gasteiger charge is -2.32. The quantitative estimate of drug-likeness (QED) is 0.190. The Morgan fingerprint density at radius 1 is 0.840 bits per heavy atom. The fourth-order valence-electron chi connectivity index (χ4n) is 6.73. The molecule has 0 spiro atoms. The zero-order valence-electron chi connectivity index (χ0n) is 27.7. The van der Waals surface area contributed by atoms with E-state index in [1.165, 1.54) is 5.56 Å². The van der Waals surface area contributed by atoms with E-state index in [2.05, 4.69) is 31.3 Å². The first-order chi connectivity index (χ1) is 24.4. The van der Waals surface area contributed by atoms with Crippen LogP contribution in [0, 0.1) is 17.9 Å². The molecule has 0 aliphatic carbocycles. The molecule has 252 valence electrons. The number of carbonyl (C=O) groups is 2. The lowest BCUT2D eigenvalue weighted by molar-refractivity contribution is 0.0881. The van der Waals surface area contributed by atoms with Crippen molar-refractivity contribution >= 4 is 28.5 Å². The number of furan rings is 1. The van der Waals surface area contributed by atoms with Crippen LogP contribution in [0.25, 0.3) is 21.5 Å². The van der Waals surface area contributed by atoms with Gasteiger partial charge < -0.3 is 15.1 Å². The Balaban J connectivity index is 0.863. The first-order valence-electron chi connectivity index (χ1n) is 17.0. The average molecular weight is 667 g/mol. The monoisotopic (exact) mass is 666 g/mol. The zero-order valence-corrected chi connectivity index (χ0v) is 27.7. The molecule has 2 saturated heterocycles. The summed E-state index contributed by atoms with van der Waals surface area (Å²) < 4.78 is 7.70. The molecule has 2 aliphatic rings. The molecule has 0 radical (unpaired) electrons. The van der Waals surface area contributed by atoms with E-state index in [0.717, 1.165) is 81.7 Å². The third-order valence-electron chi connectivity index (χ3n) is 9.61. The molecule has 3 aromatic carbocycles. The molecule has 5 aromatic rings. The number of aromatic nitrogens is 2. The number of hydrogen-bond acceptors (Lipinski definition) is 7. The molecule has 4 heterocycles. The largest absolute Gasteiger partial charge is 0.451 e. The molecule has 0 atom stereocenters. The molecule has 0 saturated carbocycles. The van der Waals surface area contributed by atoms with Crippen LogP contribution in [0.2, 0.25) is 0 Å². The van der Waals surface area contributed by atoms with Crippen molar-refractivity contribution in [3.8, 4) is 11.8 Å². The van der Waals surface area contributed by atoms with Crippen molar-refractivity contribution in [1.82, 2.24) is 30.2 Å². The summed E-state index contributed by atoms with van der Waals surface area (Å²) in [6.07, 6.45) is 5.31. The van der Waals surface area contributed by atoms with Gasteiger partial charge in [-0.1, -0.05) is 24.3 Å². The number of likely N-dealkylation sites (tertiary alicyclic amines) is 2. The molecule has 11 nitrogen and oxygen atoms in total. The normalized spacial score (nSPS) is 16.1. The highest BCUT2D eigenvalue weighted by Gasteiger charge is 2.24. The van der Waals surface area contributed by atoms with Crippen LogP contribution in [-0.2, 0) is 13.1 Å². The molecule has 0 bridgehead atoms. The van der Waals surface area contributed by atoms with E-state index in [0.29, 0.717) is 22.4 Å². The lowest BCUT2D eigenvalue weighted by atomic mass is 10.0. The van der Waals surface area contributed by atoms with E-state index in [9.17, 15) is 9.59 Å². The fraction of sp³-hybridized carbons (Fsp3) is 0.308. The van der Waals surface area contributed by atoms with Gasteiger partial charge >= 0.3 is 0 Å². The fourth-order valence-corrected chi connectivity index (χ4v) is 6.73. The van der Waals surface area contributed by atoms with Crippen LogP contribution in [-0.4, -0.2) is 69.7 Å². The number of hydrogen-bond donors (Lipinski definition) is 2. The minimum atomic E-state index is -0.244. The van der Waals surface area contributed by atoms with E-state index >= 15 is 0 Å². The number of rotatable bonds is 9. The maximum Gasteiger partial charge on any atom is 0.287 e. The van der Waals surface area contributed by atoms with Crippen molar-refractivity contribution in [1.29, 1.82) is 5.26 Å². The topological polar surface area (TPSA) is 124 Å². The molecule has 7 rings (SSSR count). The Labute approximate surface area is 290 Å². The maximum absolute atomic E-state index is 13.2. The molecule has 2 aliphatic heterocycles. The molecule has 0 unspecified atom stereocenters. The third-order valence-corrected chi connectivity index (χ3v) is 9.61. The summed E-state index contributed by atoms with van der Waals surface area (Å²) in [5.41, 5.74) is 5.44. The van der Waals surface area contributed by atoms with Crippen LogP contribution in [0.3, 0.4) is 0 Å². The smallest absolute Gasteiger partial charge is 0.287 e. The summed E-state index contributed by atoms with van der Waals surface area (Å²) in [7, 11) is 0. The number of fused-ring (bicyclic) bond motifs is 1. The van der Waals surface area contributed by atoms with Gasteiger partial charge in [-0.2, -0.15) is 10.4 Å². The molecule has 11 heteroatoms. The summed E-state index contributed by atoms with van der Waals surface area (Å²) in [5, 5.41) is 20.8. The van der Waals surface area contributed by atoms with Gasteiger partial charge in [0.25, 0.3) is 11.8 Å². The Morgan fingerprint density at radius 3 is 2.16 bits per heavy atom. The number of nitrogens with one attached hydrogen (secondary N) is 2. The Bertz CT molecular complexity index is 2050. The number of carbonyl (C=O) groups excluding carboxylic acids is 2. The summed E-state index contributed by atoms with van der Waals surface area (Å²) in [6, 6.07) is 26.4. The van der Waals surface area contributed by atoms with Crippen molar-refractivity contribution in [2.75, 3.05) is 26.2 Å². The van der Waals surface area contributed by atoms with E-state index in [-0.39, 0.29) is 29.7 Å². The number of benzene rings is 3. The first-order valence-corrected chi connectivity index (χ1v) is 17.0. The molecular weight excluding hydrogens is 628 g/mol. The van der Waals surface area contributed by atoms with Gasteiger partial charge in [0.15, 0.2) is 11.4 Å². The van der Waals surface area contributed by atoms with Crippen LogP contribution in [0.5, 0.6) is 0 Å². The van der Waals surface area contributed by atoms with Gasteiger partial charge in [-0.3, -0.25) is 19.4 Å². The highest BCUT2D eigenvalue weighted by Crippen LogP contribution is 2.23. The lowest BCUT2D eigenvalue weighted by Crippen LogP contribution is -2.44. The van der Waals surface area contributed by atoms with Gasteiger partial charge in [0, 0.05) is 68.5 Å². The minimum absolute atomic E-state index is 0.0627. The number of piperidine rings is 2. The van der Waals surface area contributed by atoms with Gasteiger partial charge in [-0.05, 0) is 85.8 Å². The summed E-state index contributed by atoms with van der Waals surface area (Å²) in [5.74, 6) is -0.132. The predicted octanol–water partition coefficient (Wildman–Crippen LogP) is 5.83. The van der Waals surface area contributed by atoms with Crippen molar-refractivity contribution in [3.05, 3.63) is 125 Å². The van der Waals surface area contributed by atoms with Crippen molar-refractivity contribution < 1.29 is 14.0 Å². The van der Waals surface area contributed by atoms with Crippen LogP contribution in [0.1, 0.15) is 63.4 Å². The van der Waals surface area contributed by atoms with Gasteiger partial charge in [0.05, 0.1) is 29.6 Å². The van der Waals surface area contributed by atoms with Crippen LogP contribution >= 0.6 is 0 Å². The van der Waals surface area contributed by atoms with Crippen LogP contribution < -0.4 is 10.6 Å². The Morgan fingerprint density at radius 2 is 1.50 bits per heavy atom. The predicted molar refractivity (Wildman–Crippen MR) is 189 cm³/mol. The number of amides is 2. The number of nitrogens with zero attached hydrogens (tertiary/aromatic N) is 6. The van der Waals surface area contributed by atoms with Crippen LogP contribution in [0.15, 0.2) is 89.5 Å². The second kappa shape index (κ2) is 14.8.